The van der Waals surface area contributed by atoms with Gasteiger partial charge in [0, 0.05) is 18.9 Å². The van der Waals surface area contributed by atoms with Gasteiger partial charge < -0.3 is 5.32 Å². The number of hydrogen-bond donors (Lipinski definition) is 1. The third kappa shape index (κ3) is 4.45. The minimum Gasteiger partial charge on any atom is -0.351 e. The average molecular weight is 368 g/mol. The SMILES string of the molecule is CC(C)C(Sc1nnnn1-c1ccccc1)C(=O)NCc1cccnc1. The fourth-order valence-corrected chi connectivity index (χ4v) is 3.40. The van der Waals surface area contributed by atoms with Gasteiger partial charge in [-0.1, -0.05) is 49.9 Å². The van der Waals surface area contributed by atoms with Gasteiger partial charge in [0.05, 0.1) is 10.9 Å². The molecule has 2 aromatic heterocycles. The molecule has 0 saturated heterocycles. The van der Waals surface area contributed by atoms with Crippen LogP contribution in [0.1, 0.15) is 19.4 Å². The van der Waals surface area contributed by atoms with E-state index in [4.69, 9.17) is 0 Å². The van der Waals surface area contributed by atoms with E-state index in [1.54, 1.807) is 17.1 Å². The van der Waals surface area contributed by atoms with Gasteiger partial charge in [0.2, 0.25) is 11.1 Å². The van der Waals surface area contributed by atoms with Crippen molar-refractivity contribution in [3.63, 3.8) is 0 Å². The van der Waals surface area contributed by atoms with Gasteiger partial charge in [-0.05, 0) is 40.1 Å². The Balaban J connectivity index is 1.71. The molecule has 1 atom stereocenters. The molecule has 0 spiro atoms. The number of hydrogen-bond acceptors (Lipinski definition) is 6. The van der Waals surface area contributed by atoms with Crippen LogP contribution >= 0.6 is 11.8 Å². The van der Waals surface area contributed by atoms with Crippen LogP contribution < -0.4 is 5.32 Å². The quantitative estimate of drug-likeness (QED) is 0.645. The van der Waals surface area contributed by atoms with Crippen LogP contribution in [0, 0.1) is 5.92 Å². The lowest BCUT2D eigenvalue weighted by Crippen LogP contribution is -2.35. The Morgan fingerprint density at radius 1 is 1.19 bits per heavy atom. The van der Waals surface area contributed by atoms with E-state index in [9.17, 15) is 4.79 Å². The lowest BCUT2D eigenvalue weighted by Gasteiger charge is -2.19. The zero-order chi connectivity index (χ0) is 18.4. The highest BCUT2D eigenvalue weighted by atomic mass is 32.2. The summed E-state index contributed by atoms with van der Waals surface area (Å²) in [5.41, 5.74) is 1.82. The fraction of sp³-hybridized carbons (Fsp3) is 0.278. The number of nitrogens with zero attached hydrogens (tertiary/aromatic N) is 5. The Morgan fingerprint density at radius 2 is 2.00 bits per heavy atom. The molecule has 134 valence electrons. The molecule has 3 aromatic rings. The lowest BCUT2D eigenvalue weighted by molar-refractivity contribution is -0.121. The number of carbonyl (C=O) groups is 1. The Bertz CT molecular complexity index is 837. The van der Waals surface area contributed by atoms with E-state index in [0.717, 1.165) is 11.3 Å². The molecular weight excluding hydrogens is 348 g/mol. The predicted octanol–water partition coefficient (Wildman–Crippen LogP) is 2.49. The summed E-state index contributed by atoms with van der Waals surface area (Å²) in [7, 11) is 0. The third-order valence-electron chi connectivity index (χ3n) is 3.73. The number of amides is 1. The van der Waals surface area contributed by atoms with Crippen LogP contribution in [0.3, 0.4) is 0 Å². The second-order valence-corrected chi connectivity index (χ2v) is 7.18. The lowest BCUT2D eigenvalue weighted by atomic mass is 10.1. The molecule has 1 amide bonds. The molecule has 0 aliphatic heterocycles. The highest BCUT2D eigenvalue weighted by Crippen LogP contribution is 2.27. The largest absolute Gasteiger partial charge is 0.351 e. The van der Waals surface area contributed by atoms with Crippen molar-refractivity contribution < 1.29 is 4.79 Å². The molecule has 0 aliphatic rings. The van der Waals surface area contributed by atoms with E-state index in [1.807, 2.05) is 56.3 Å². The zero-order valence-corrected chi connectivity index (χ0v) is 15.4. The van der Waals surface area contributed by atoms with Crippen molar-refractivity contribution >= 4 is 17.7 Å². The summed E-state index contributed by atoms with van der Waals surface area (Å²) in [4.78, 5) is 16.8. The van der Waals surface area contributed by atoms with Crippen molar-refractivity contribution in [2.45, 2.75) is 30.8 Å². The molecule has 7 nitrogen and oxygen atoms in total. The molecule has 0 bridgehead atoms. The molecule has 8 heteroatoms. The first-order valence-corrected chi connectivity index (χ1v) is 9.20. The normalized spacial score (nSPS) is 12.1. The van der Waals surface area contributed by atoms with Crippen molar-refractivity contribution in [1.82, 2.24) is 30.5 Å². The van der Waals surface area contributed by atoms with Gasteiger partial charge in [-0.15, -0.1) is 5.10 Å². The molecule has 1 unspecified atom stereocenters. The molecule has 0 saturated carbocycles. The minimum absolute atomic E-state index is 0.0449. The van der Waals surface area contributed by atoms with Crippen molar-refractivity contribution in [2.75, 3.05) is 0 Å². The van der Waals surface area contributed by atoms with Gasteiger partial charge in [-0.2, -0.15) is 4.68 Å². The van der Waals surface area contributed by atoms with Crippen LogP contribution in [0.5, 0.6) is 0 Å². The van der Waals surface area contributed by atoms with E-state index < -0.39 is 0 Å². The van der Waals surface area contributed by atoms with Crippen LogP contribution in [-0.2, 0) is 11.3 Å². The average Bonchev–Trinajstić information content (AvgIpc) is 3.14. The topological polar surface area (TPSA) is 85.6 Å². The molecule has 0 aliphatic carbocycles. The number of thioether (sulfide) groups is 1. The van der Waals surface area contributed by atoms with Crippen LogP contribution in [0.2, 0.25) is 0 Å². The van der Waals surface area contributed by atoms with Gasteiger partial charge in [-0.25, -0.2) is 0 Å². The van der Waals surface area contributed by atoms with Crippen LogP contribution in [0.15, 0.2) is 60.0 Å². The van der Waals surface area contributed by atoms with Gasteiger partial charge >= 0.3 is 0 Å². The molecule has 3 rings (SSSR count). The maximum absolute atomic E-state index is 12.7. The second-order valence-electron chi connectivity index (χ2n) is 6.07. The molecular formula is C18H20N6OS. The summed E-state index contributed by atoms with van der Waals surface area (Å²) in [6.07, 6.45) is 3.45. The van der Waals surface area contributed by atoms with Gasteiger partial charge in [0.25, 0.3) is 0 Å². The highest BCUT2D eigenvalue weighted by Gasteiger charge is 2.26. The molecule has 2 heterocycles. The predicted molar refractivity (Wildman–Crippen MR) is 99.7 cm³/mol. The number of carbonyl (C=O) groups excluding carboxylic acids is 1. The number of benzene rings is 1. The van der Waals surface area contributed by atoms with Gasteiger partial charge in [-0.3, -0.25) is 9.78 Å². The maximum Gasteiger partial charge on any atom is 0.234 e. The van der Waals surface area contributed by atoms with Gasteiger partial charge in [0.15, 0.2) is 0 Å². The smallest absolute Gasteiger partial charge is 0.234 e. The second kappa shape index (κ2) is 8.57. The van der Waals surface area contributed by atoms with Crippen molar-refractivity contribution in [2.24, 2.45) is 5.92 Å². The fourth-order valence-electron chi connectivity index (χ4n) is 2.38. The molecule has 1 N–H and O–H groups in total. The van der Waals surface area contributed by atoms with Crippen molar-refractivity contribution in [3.05, 3.63) is 60.4 Å². The van der Waals surface area contributed by atoms with Crippen LogP contribution in [0.4, 0.5) is 0 Å². The Labute approximate surface area is 156 Å². The molecule has 0 radical (unpaired) electrons. The summed E-state index contributed by atoms with van der Waals surface area (Å²) < 4.78 is 1.65. The van der Waals surface area contributed by atoms with E-state index in [0.29, 0.717) is 11.7 Å². The Hall–Kier alpha value is -2.74. The number of tetrazole rings is 1. The van der Waals surface area contributed by atoms with E-state index >= 15 is 0 Å². The summed E-state index contributed by atoms with van der Waals surface area (Å²) in [5.74, 6) is 0.0753. The van der Waals surface area contributed by atoms with Crippen molar-refractivity contribution in [3.8, 4) is 5.69 Å². The molecule has 26 heavy (non-hydrogen) atoms. The summed E-state index contributed by atoms with van der Waals surface area (Å²) in [5, 5.41) is 15.2. The summed E-state index contributed by atoms with van der Waals surface area (Å²) >= 11 is 1.37. The highest BCUT2D eigenvalue weighted by molar-refractivity contribution is 8.00. The van der Waals surface area contributed by atoms with Crippen LogP contribution in [-0.4, -0.2) is 36.3 Å². The maximum atomic E-state index is 12.7. The van der Waals surface area contributed by atoms with E-state index in [-0.39, 0.29) is 17.1 Å². The van der Waals surface area contributed by atoms with Crippen LogP contribution in [0.25, 0.3) is 5.69 Å². The number of nitrogens with one attached hydrogen (secondary N) is 1. The summed E-state index contributed by atoms with van der Waals surface area (Å²) in [6.45, 7) is 4.47. The summed E-state index contributed by atoms with van der Waals surface area (Å²) in [6, 6.07) is 13.4. The number of pyridine rings is 1. The first-order chi connectivity index (χ1) is 12.6. The van der Waals surface area contributed by atoms with E-state index in [1.165, 1.54) is 11.8 Å². The number of aromatic nitrogens is 5. The standard InChI is InChI=1S/C18H20N6OS/c1-13(2)16(17(25)20-12-14-7-6-10-19-11-14)26-18-21-22-23-24(18)15-8-4-3-5-9-15/h3-11,13,16H,12H2,1-2H3,(H,20,25). The minimum atomic E-state index is -0.305. The zero-order valence-electron chi connectivity index (χ0n) is 14.6. The van der Waals surface area contributed by atoms with E-state index in [2.05, 4.69) is 25.8 Å². The Morgan fingerprint density at radius 3 is 2.69 bits per heavy atom. The molecule has 1 aromatic carbocycles. The number of rotatable bonds is 7. The monoisotopic (exact) mass is 368 g/mol. The first-order valence-electron chi connectivity index (χ1n) is 8.32. The van der Waals surface area contributed by atoms with Crippen molar-refractivity contribution in [1.29, 1.82) is 0 Å². The number of para-hydroxylation sites is 1. The van der Waals surface area contributed by atoms with Gasteiger partial charge in [0.1, 0.15) is 0 Å². The molecule has 0 fully saturated rings. The Kier molecular flexibility index (Phi) is 5.96. The first kappa shape index (κ1) is 18.1. The third-order valence-corrected chi connectivity index (χ3v) is 5.21.